The van der Waals surface area contributed by atoms with Crippen LogP contribution in [0.5, 0.6) is 0 Å². The minimum atomic E-state index is 0.0257. The van der Waals surface area contributed by atoms with E-state index >= 15 is 0 Å². The van der Waals surface area contributed by atoms with E-state index < -0.39 is 0 Å². The summed E-state index contributed by atoms with van der Waals surface area (Å²) in [5.41, 5.74) is 0.639. The zero-order valence-corrected chi connectivity index (χ0v) is 15.2. The van der Waals surface area contributed by atoms with E-state index in [1.54, 1.807) is 6.20 Å². The van der Waals surface area contributed by atoms with E-state index in [0.717, 1.165) is 51.4 Å². The molecule has 0 saturated carbocycles. The van der Waals surface area contributed by atoms with Crippen molar-refractivity contribution in [1.82, 2.24) is 20.1 Å². The first-order valence-electron chi connectivity index (χ1n) is 9.73. The summed E-state index contributed by atoms with van der Waals surface area (Å²) in [6, 6.07) is 3.99. The molecule has 7 heteroatoms. The average molecular weight is 357 g/mol. The molecule has 7 nitrogen and oxygen atoms in total. The van der Waals surface area contributed by atoms with Crippen LogP contribution in [0.15, 0.2) is 18.3 Å². The molecular weight excluding hydrogens is 330 g/mol. The van der Waals surface area contributed by atoms with Crippen LogP contribution in [0.4, 0.5) is 5.82 Å². The fourth-order valence-corrected chi connectivity index (χ4v) is 4.23. The number of pyridine rings is 1. The Labute approximate surface area is 154 Å². The minimum absolute atomic E-state index is 0.0257. The van der Waals surface area contributed by atoms with Crippen molar-refractivity contribution in [3.05, 3.63) is 23.9 Å². The Hall–Kier alpha value is -2.15. The molecule has 0 radical (unpaired) electrons. The molecule has 140 valence electrons. The lowest BCUT2D eigenvalue weighted by Crippen LogP contribution is -2.57. The van der Waals surface area contributed by atoms with E-state index in [2.05, 4.69) is 15.2 Å². The number of likely N-dealkylation sites (tertiary alicyclic amines) is 1. The second kappa shape index (κ2) is 7.61. The molecule has 1 aromatic rings. The number of carbonyl (C=O) groups excluding carboxylic acids is 2. The molecule has 3 fully saturated rings. The first-order valence-corrected chi connectivity index (χ1v) is 9.73. The highest BCUT2D eigenvalue weighted by Gasteiger charge is 2.32. The number of hydrogen-bond acceptors (Lipinski definition) is 5. The van der Waals surface area contributed by atoms with Crippen molar-refractivity contribution >= 4 is 17.6 Å². The normalized spacial score (nSPS) is 24.2. The van der Waals surface area contributed by atoms with E-state index in [4.69, 9.17) is 0 Å². The molecule has 3 aliphatic heterocycles. The lowest BCUT2D eigenvalue weighted by atomic mass is 10.0. The topological polar surface area (TPSA) is 68.8 Å². The number of nitrogens with one attached hydrogen (secondary N) is 1. The number of nitrogens with zero attached hydrogens (tertiary/aromatic N) is 4. The van der Waals surface area contributed by atoms with Crippen LogP contribution in [0.1, 0.15) is 36.0 Å². The van der Waals surface area contributed by atoms with Gasteiger partial charge in [0, 0.05) is 51.5 Å². The molecular formula is C19H27N5O2. The predicted molar refractivity (Wildman–Crippen MR) is 99.2 cm³/mol. The number of anilines is 1. The first-order chi connectivity index (χ1) is 12.7. The summed E-state index contributed by atoms with van der Waals surface area (Å²) >= 11 is 0. The van der Waals surface area contributed by atoms with Gasteiger partial charge in [0.2, 0.25) is 5.91 Å². The molecule has 4 heterocycles. The maximum atomic E-state index is 12.9. The standard InChI is InChI=1S/C19H27N5O2/c25-18-13-20-7-11-24(18)16-4-3-10-23(14-16)19(26)15-5-6-17(21-12-15)22-8-1-2-9-22/h5-6,12,16,20H,1-4,7-11,13-14H2. The average Bonchev–Trinajstić information content (AvgIpc) is 3.23. The van der Waals surface area contributed by atoms with Gasteiger partial charge in [0.25, 0.3) is 5.91 Å². The van der Waals surface area contributed by atoms with E-state index in [1.165, 1.54) is 12.8 Å². The summed E-state index contributed by atoms with van der Waals surface area (Å²) in [6.07, 6.45) is 6.04. The first kappa shape index (κ1) is 17.3. The summed E-state index contributed by atoms with van der Waals surface area (Å²) in [5, 5.41) is 3.11. The highest BCUT2D eigenvalue weighted by Crippen LogP contribution is 2.21. The summed E-state index contributed by atoms with van der Waals surface area (Å²) in [4.78, 5) is 35.6. The lowest BCUT2D eigenvalue weighted by Gasteiger charge is -2.41. The van der Waals surface area contributed by atoms with Crippen molar-refractivity contribution < 1.29 is 9.59 Å². The van der Waals surface area contributed by atoms with Crippen molar-refractivity contribution in [2.45, 2.75) is 31.7 Å². The molecule has 1 unspecified atom stereocenters. The summed E-state index contributed by atoms with van der Waals surface area (Å²) in [7, 11) is 0. The summed E-state index contributed by atoms with van der Waals surface area (Å²) in [6.45, 7) is 5.45. The SMILES string of the molecule is O=C(c1ccc(N2CCCC2)nc1)N1CCCC(N2CCNCC2=O)C1. The number of carbonyl (C=O) groups is 2. The Morgan fingerprint density at radius 2 is 1.96 bits per heavy atom. The second-order valence-electron chi connectivity index (χ2n) is 7.41. The van der Waals surface area contributed by atoms with Gasteiger partial charge in [0.15, 0.2) is 0 Å². The quantitative estimate of drug-likeness (QED) is 0.863. The van der Waals surface area contributed by atoms with Crippen molar-refractivity contribution in [1.29, 1.82) is 0 Å². The van der Waals surface area contributed by atoms with Crippen LogP contribution < -0.4 is 10.2 Å². The maximum Gasteiger partial charge on any atom is 0.255 e. The van der Waals surface area contributed by atoms with Gasteiger partial charge in [-0.25, -0.2) is 4.98 Å². The van der Waals surface area contributed by atoms with E-state index in [9.17, 15) is 9.59 Å². The Kier molecular flexibility index (Phi) is 5.06. The van der Waals surface area contributed by atoms with Gasteiger partial charge in [-0.15, -0.1) is 0 Å². The van der Waals surface area contributed by atoms with Crippen LogP contribution in [-0.2, 0) is 4.79 Å². The van der Waals surface area contributed by atoms with Crippen LogP contribution >= 0.6 is 0 Å². The van der Waals surface area contributed by atoms with Gasteiger partial charge < -0.3 is 20.0 Å². The molecule has 1 N–H and O–H groups in total. The predicted octanol–water partition coefficient (Wildman–Crippen LogP) is 0.718. The number of piperidine rings is 1. The third-order valence-electron chi connectivity index (χ3n) is 5.68. The van der Waals surface area contributed by atoms with Gasteiger partial charge in [0.05, 0.1) is 12.1 Å². The van der Waals surface area contributed by atoms with E-state index in [1.807, 2.05) is 21.9 Å². The lowest BCUT2D eigenvalue weighted by molar-refractivity contribution is -0.135. The Morgan fingerprint density at radius 1 is 1.12 bits per heavy atom. The number of amides is 2. The van der Waals surface area contributed by atoms with Gasteiger partial charge in [-0.2, -0.15) is 0 Å². The van der Waals surface area contributed by atoms with Crippen LogP contribution in [0, 0.1) is 0 Å². The number of hydrogen-bond donors (Lipinski definition) is 1. The molecule has 1 atom stereocenters. The van der Waals surface area contributed by atoms with Gasteiger partial charge >= 0.3 is 0 Å². The smallest absolute Gasteiger partial charge is 0.255 e. The van der Waals surface area contributed by atoms with Crippen LogP contribution in [-0.4, -0.2) is 78.5 Å². The second-order valence-corrected chi connectivity index (χ2v) is 7.41. The number of rotatable bonds is 3. The highest BCUT2D eigenvalue weighted by molar-refractivity contribution is 5.94. The molecule has 0 aromatic carbocycles. The molecule has 3 saturated heterocycles. The summed E-state index contributed by atoms with van der Waals surface area (Å²) < 4.78 is 0. The van der Waals surface area contributed by atoms with E-state index in [0.29, 0.717) is 18.7 Å². The molecule has 2 amide bonds. The molecule has 0 bridgehead atoms. The van der Waals surface area contributed by atoms with Crippen molar-refractivity contribution in [3.8, 4) is 0 Å². The van der Waals surface area contributed by atoms with E-state index in [-0.39, 0.29) is 17.9 Å². The highest BCUT2D eigenvalue weighted by atomic mass is 16.2. The molecule has 0 spiro atoms. The Morgan fingerprint density at radius 3 is 2.69 bits per heavy atom. The van der Waals surface area contributed by atoms with Crippen molar-refractivity contribution in [2.75, 3.05) is 50.7 Å². The molecule has 26 heavy (non-hydrogen) atoms. The fraction of sp³-hybridized carbons (Fsp3) is 0.632. The number of aromatic nitrogens is 1. The van der Waals surface area contributed by atoms with Gasteiger partial charge in [-0.05, 0) is 37.8 Å². The third kappa shape index (κ3) is 3.53. The van der Waals surface area contributed by atoms with Crippen LogP contribution in [0.25, 0.3) is 0 Å². The van der Waals surface area contributed by atoms with Crippen molar-refractivity contribution in [2.24, 2.45) is 0 Å². The van der Waals surface area contributed by atoms with Gasteiger partial charge in [-0.1, -0.05) is 0 Å². The maximum absolute atomic E-state index is 12.9. The van der Waals surface area contributed by atoms with Gasteiger partial charge in [-0.3, -0.25) is 9.59 Å². The Balaban J connectivity index is 1.41. The summed E-state index contributed by atoms with van der Waals surface area (Å²) in [5.74, 6) is 1.13. The number of piperazine rings is 1. The third-order valence-corrected chi connectivity index (χ3v) is 5.68. The fourth-order valence-electron chi connectivity index (χ4n) is 4.23. The zero-order chi connectivity index (χ0) is 17.9. The van der Waals surface area contributed by atoms with Gasteiger partial charge in [0.1, 0.15) is 5.82 Å². The van der Waals surface area contributed by atoms with Crippen LogP contribution in [0.2, 0.25) is 0 Å². The van der Waals surface area contributed by atoms with Crippen LogP contribution in [0.3, 0.4) is 0 Å². The minimum Gasteiger partial charge on any atom is -0.357 e. The molecule has 1 aromatic heterocycles. The molecule has 3 aliphatic rings. The Bertz CT molecular complexity index is 656. The molecule has 0 aliphatic carbocycles. The van der Waals surface area contributed by atoms with Crippen molar-refractivity contribution in [3.63, 3.8) is 0 Å². The monoisotopic (exact) mass is 357 g/mol. The molecule has 4 rings (SSSR count). The zero-order valence-electron chi connectivity index (χ0n) is 15.2. The largest absolute Gasteiger partial charge is 0.357 e.